The van der Waals surface area contributed by atoms with Gasteiger partial charge in [0, 0.05) is 5.69 Å². The number of hydrogen-bond donors (Lipinski definition) is 0. The zero-order valence-electron chi connectivity index (χ0n) is 11.9. The Hall–Kier alpha value is -2.43. The summed E-state index contributed by atoms with van der Waals surface area (Å²) in [5.74, 6) is -0.460. The van der Waals surface area contributed by atoms with Crippen LogP contribution in [0.5, 0.6) is 5.88 Å². The molecule has 4 nitrogen and oxygen atoms in total. The first-order chi connectivity index (χ1) is 10.1. The van der Waals surface area contributed by atoms with Gasteiger partial charge in [-0.05, 0) is 43.7 Å². The maximum atomic E-state index is 14.0. The topological polar surface area (TPSA) is 42.4 Å². The van der Waals surface area contributed by atoms with E-state index in [1.807, 2.05) is 6.92 Å². The quantitative estimate of drug-likeness (QED) is 0.809. The Kier molecular flexibility index (Phi) is 3.33. The van der Waals surface area contributed by atoms with Crippen LogP contribution in [0.2, 0.25) is 0 Å². The van der Waals surface area contributed by atoms with Crippen LogP contribution in [0.15, 0.2) is 30.3 Å². The third kappa shape index (κ3) is 2.46. The lowest BCUT2D eigenvalue weighted by Crippen LogP contribution is -2.38. The fourth-order valence-corrected chi connectivity index (χ4v) is 2.34. The number of aryl methyl sites for hydroxylation is 2. The first kappa shape index (κ1) is 13.5. The molecule has 0 saturated carbocycles. The second-order valence-corrected chi connectivity index (χ2v) is 5.07. The number of halogens is 1. The number of nitrogens with zero attached hydrogens (tertiary/aromatic N) is 2. The average Bonchev–Trinajstić information content (AvgIpc) is 2.45. The first-order valence-electron chi connectivity index (χ1n) is 6.75. The van der Waals surface area contributed by atoms with Gasteiger partial charge in [0.1, 0.15) is 18.1 Å². The summed E-state index contributed by atoms with van der Waals surface area (Å²) in [6, 6.07) is 8.19. The summed E-state index contributed by atoms with van der Waals surface area (Å²) in [5.41, 5.74) is 2.24. The van der Waals surface area contributed by atoms with Gasteiger partial charge in [0.15, 0.2) is 0 Å². The van der Waals surface area contributed by atoms with E-state index in [0.717, 1.165) is 11.3 Å². The predicted molar refractivity (Wildman–Crippen MR) is 77.3 cm³/mol. The number of hydrogen-bond acceptors (Lipinski definition) is 3. The minimum Gasteiger partial charge on any atom is -0.474 e. The third-order valence-electron chi connectivity index (χ3n) is 3.42. The van der Waals surface area contributed by atoms with Gasteiger partial charge in [-0.3, -0.25) is 9.69 Å². The molecule has 1 aromatic carbocycles. The number of aromatic nitrogens is 1. The standard InChI is InChI=1S/C16H15FN2O2/c1-10-3-5-12(13(17)9-10)16(20)19-7-8-21-15-14(19)6-4-11(2)18-15/h3-6,9H,7-8H2,1-2H3. The molecule has 1 aromatic heterocycles. The van der Waals surface area contributed by atoms with Crippen LogP contribution < -0.4 is 9.64 Å². The Balaban J connectivity index is 2.00. The molecule has 0 unspecified atom stereocenters. The summed E-state index contributed by atoms with van der Waals surface area (Å²) in [6.45, 7) is 4.37. The van der Waals surface area contributed by atoms with Crippen LogP contribution in [0.25, 0.3) is 0 Å². The lowest BCUT2D eigenvalue weighted by Gasteiger charge is -2.29. The molecule has 0 fully saturated rings. The summed E-state index contributed by atoms with van der Waals surface area (Å²) < 4.78 is 19.5. The Morgan fingerprint density at radius 3 is 2.86 bits per heavy atom. The van der Waals surface area contributed by atoms with Crippen molar-refractivity contribution in [2.45, 2.75) is 13.8 Å². The van der Waals surface area contributed by atoms with E-state index in [0.29, 0.717) is 24.7 Å². The zero-order chi connectivity index (χ0) is 15.0. The molecule has 1 aliphatic rings. The number of carbonyl (C=O) groups is 1. The van der Waals surface area contributed by atoms with Crippen LogP contribution in [0.3, 0.4) is 0 Å². The number of ether oxygens (including phenoxy) is 1. The Bertz CT molecular complexity index is 715. The molecule has 1 amide bonds. The highest BCUT2D eigenvalue weighted by molar-refractivity contribution is 6.07. The van der Waals surface area contributed by atoms with Gasteiger partial charge in [0.2, 0.25) is 5.88 Å². The van der Waals surface area contributed by atoms with E-state index >= 15 is 0 Å². The number of fused-ring (bicyclic) bond motifs is 1. The van der Waals surface area contributed by atoms with E-state index in [1.54, 1.807) is 25.1 Å². The summed E-state index contributed by atoms with van der Waals surface area (Å²) in [5, 5.41) is 0. The van der Waals surface area contributed by atoms with Crippen LogP contribution in [-0.2, 0) is 0 Å². The van der Waals surface area contributed by atoms with Crippen molar-refractivity contribution >= 4 is 11.6 Å². The molecular formula is C16H15FN2O2. The van der Waals surface area contributed by atoms with Crippen LogP contribution in [0.4, 0.5) is 10.1 Å². The zero-order valence-corrected chi connectivity index (χ0v) is 11.9. The van der Waals surface area contributed by atoms with E-state index in [-0.39, 0.29) is 11.5 Å². The van der Waals surface area contributed by atoms with Crippen LogP contribution in [0, 0.1) is 19.7 Å². The van der Waals surface area contributed by atoms with Gasteiger partial charge in [-0.25, -0.2) is 9.37 Å². The molecule has 108 valence electrons. The minimum atomic E-state index is -0.506. The van der Waals surface area contributed by atoms with Crippen molar-refractivity contribution < 1.29 is 13.9 Å². The smallest absolute Gasteiger partial charge is 0.261 e. The van der Waals surface area contributed by atoms with Crippen molar-refractivity contribution in [2.24, 2.45) is 0 Å². The molecule has 1 aliphatic heterocycles. The molecule has 0 radical (unpaired) electrons. The van der Waals surface area contributed by atoms with Gasteiger partial charge in [-0.2, -0.15) is 0 Å². The molecule has 0 bridgehead atoms. The normalized spacial score (nSPS) is 13.6. The van der Waals surface area contributed by atoms with Crippen molar-refractivity contribution in [3.8, 4) is 5.88 Å². The van der Waals surface area contributed by atoms with E-state index in [2.05, 4.69) is 4.98 Å². The molecule has 0 N–H and O–H groups in total. The van der Waals surface area contributed by atoms with Gasteiger partial charge < -0.3 is 4.74 Å². The Morgan fingerprint density at radius 2 is 2.10 bits per heavy atom. The number of anilines is 1. The van der Waals surface area contributed by atoms with Crippen LogP contribution in [0.1, 0.15) is 21.6 Å². The second-order valence-electron chi connectivity index (χ2n) is 5.07. The number of benzene rings is 1. The van der Waals surface area contributed by atoms with Crippen molar-refractivity contribution in [2.75, 3.05) is 18.1 Å². The second kappa shape index (κ2) is 5.16. The summed E-state index contributed by atoms with van der Waals surface area (Å²) >= 11 is 0. The predicted octanol–water partition coefficient (Wildman–Crippen LogP) is 2.88. The highest BCUT2D eigenvalue weighted by atomic mass is 19.1. The summed E-state index contributed by atoms with van der Waals surface area (Å²) in [4.78, 5) is 18.4. The summed E-state index contributed by atoms with van der Waals surface area (Å²) in [6.07, 6.45) is 0. The molecule has 2 heterocycles. The molecule has 0 saturated heterocycles. The lowest BCUT2D eigenvalue weighted by atomic mass is 10.1. The number of rotatable bonds is 1. The fourth-order valence-electron chi connectivity index (χ4n) is 2.34. The largest absolute Gasteiger partial charge is 0.474 e. The molecule has 3 rings (SSSR count). The van der Waals surface area contributed by atoms with Gasteiger partial charge in [0.05, 0.1) is 12.1 Å². The third-order valence-corrected chi connectivity index (χ3v) is 3.42. The van der Waals surface area contributed by atoms with Crippen molar-refractivity contribution in [3.63, 3.8) is 0 Å². The highest BCUT2D eigenvalue weighted by Gasteiger charge is 2.27. The number of amides is 1. The average molecular weight is 286 g/mol. The number of pyridine rings is 1. The Morgan fingerprint density at radius 1 is 1.29 bits per heavy atom. The monoisotopic (exact) mass is 286 g/mol. The van der Waals surface area contributed by atoms with E-state index in [1.165, 1.54) is 17.0 Å². The van der Waals surface area contributed by atoms with Gasteiger partial charge in [-0.1, -0.05) is 6.07 Å². The van der Waals surface area contributed by atoms with Crippen molar-refractivity contribution in [3.05, 3.63) is 53.0 Å². The maximum absolute atomic E-state index is 14.0. The first-order valence-corrected chi connectivity index (χ1v) is 6.75. The molecule has 5 heteroatoms. The van der Waals surface area contributed by atoms with Crippen LogP contribution >= 0.6 is 0 Å². The molecule has 0 aliphatic carbocycles. The molecule has 2 aromatic rings. The fraction of sp³-hybridized carbons (Fsp3) is 0.250. The SMILES string of the molecule is Cc1ccc(C(=O)N2CCOc3nc(C)ccc32)c(F)c1. The molecule has 0 spiro atoms. The van der Waals surface area contributed by atoms with E-state index < -0.39 is 5.82 Å². The van der Waals surface area contributed by atoms with E-state index in [9.17, 15) is 9.18 Å². The van der Waals surface area contributed by atoms with Gasteiger partial charge in [0.25, 0.3) is 5.91 Å². The lowest BCUT2D eigenvalue weighted by molar-refractivity contribution is 0.0971. The molecule has 21 heavy (non-hydrogen) atoms. The minimum absolute atomic E-state index is 0.0639. The van der Waals surface area contributed by atoms with Crippen LogP contribution in [-0.4, -0.2) is 24.0 Å². The van der Waals surface area contributed by atoms with Crippen molar-refractivity contribution in [1.29, 1.82) is 0 Å². The van der Waals surface area contributed by atoms with Crippen molar-refractivity contribution in [1.82, 2.24) is 4.98 Å². The van der Waals surface area contributed by atoms with Gasteiger partial charge in [-0.15, -0.1) is 0 Å². The molecule has 0 atom stereocenters. The summed E-state index contributed by atoms with van der Waals surface area (Å²) in [7, 11) is 0. The Labute approximate surface area is 122 Å². The molecular weight excluding hydrogens is 271 g/mol. The number of carbonyl (C=O) groups excluding carboxylic acids is 1. The van der Waals surface area contributed by atoms with E-state index in [4.69, 9.17) is 4.74 Å². The van der Waals surface area contributed by atoms with Gasteiger partial charge >= 0.3 is 0 Å². The maximum Gasteiger partial charge on any atom is 0.261 e. The highest BCUT2D eigenvalue weighted by Crippen LogP contribution is 2.31.